The van der Waals surface area contributed by atoms with Crippen LogP contribution in [0.25, 0.3) is 11.1 Å². The van der Waals surface area contributed by atoms with E-state index in [4.69, 9.17) is 0 Å². The van der Waals surface area contributed by atoms with Crippen LogP contribution in [-0.4, -0.2) is 12.2 Å². The molecule has 2 aromatic rings. The van der Waals surface area contributed by atoms with Gasteiger partial charge in [0.05, 0.1) is 0 Å². The summed E-state index contributed by atoms with van der Waals surface area (Å²) in [5.41, 5.74) is 3.88. The number of carbonyl (C=O) groups excluding carboxylic acids is 2. The average molecular weight is 253 g/mol. The summed E-state index contributed by atoms with van der Waals surface area (Å²) >= 11 is 0. The summed E-state index contributed by atoms with van der Waals surface area (Å²) in [4.78, 5) is 21.4. The van der Waals surface area contributed by atoms with E-state index in [0.29, 0.717) is 12.1 Å². The maximum absolute atomic E-state index is 10.8. The monoisotopic (exact) mass is 253 g/mol. The molecular formula is C16H15NO2. The zero-order valence-electron chi connectivity index (χ0n) is 10.7. The fourth-order valence-corrected chi connectivity index (χ4v) is 1.80. The molecule has 3 nitrogen and oxygen atoms in total. The topological polar surface area (TPSA) is 46.2 Å². The van der Waals surface area contributed by atoms with Crippen molar-refractivity contribution in [2.45, 2.75) is 13.5 Å². The van der Waals surface area contributed by atoms with Gasteiger partial charge in [-0.2, -0.15) is 0 Å². The van der Waals surface area contributed by atoms with Crippen molar-refractivity contribution in [2.75, 3.05) is 0 Å². The van der Waals surface area contributed by atoms with Gasteiger partial charge in [-0.15, -0.1) is 0 Å². The third kappa shape index (κ3) is 3.52. The summed E-state index contributed by atoms with van der Waals surface area (Å²) < 4.78 is 0. The predicted octanol–water partition coefficient (Wildman–Crippen LogP) is 2.80. The Morgan fingerprint density at radius 3 is 2.00 bits per heavy atom. The molecule has 0 aromatic heterocycles. The van der Waals surface area contributed by atoms with Crippen molar-refractivity contribution in [1.29, 1.82) is 0 Å². The quantitative estimate of drug-likeness (QED) is 0.852. The lowest BCUT2D eigenvalue weighted by atomic mass is 10.0. The van der Waals surface area contributed by atoms with Crippen molar-refractivity contribution in [1.82, 2.24) is 5.32 Å². The van der Waals surface area contributed by atoms with Crippen LogP contribution in [-0.2, 0) is 11.3 Å². The van der Waals surface area contributed by atoms with Crippen molar-refractivity contribution in [3.05, 3.63) is 59.7 Å². The molecule has 0 bridgehead atoms. The lowest BCUT2D eigenvalue weighted by Crippen LogP contribution is -2.18. The molecule has 3 heteroatoms. The van der Waals surface area contributed by atoms with Crippen LogP contribution in [0.3, 0.4) is 0 Å². The number of carbonyl (C=O) groups is 2. The van der Waals surface area contributed by atoms with Gasteiger partial charge in [0.2, 0.25) is 5.91 Å². The molecule has 0 aliphatic rings. The Kier molecular flexibility index (Phi) is 4.08. The number of aldehydes is 1. The van der Waals surface area contributed by atoms with Crippen molar-refractivity contribution < 1.29 is 9.59 Å². The molecular weight excluding hydrogens is 238 g/mol. The molecule has 19 heavy (non-hydrogen) atoms. The SMILES string of the molecule is CC(=O)NCc1ccc(-c2ccc(C=O)cc2)cc1. The normalized spacial score (nSPS) is 9.95. The number of amides is 1. The van der Waals surface area contributed by atoms with Gasteiger partial charge in [0.15, 0.2) is 0 Å². The Morgan fingerprint density at radius 1 is 1.00 bits per heavy atom. The first kappa shape index (κ1) is 13.0. The summed E-state index contributed by atoms with van der Waals surface area (Å²) in [6, 6.07) is 15.4. The van der Waals surface area contributed by atoms with Gasteiger partial charge in [-0.05, 0) is 16.7 Å². The largest absolute Gasteiger partial charge is 0.352 e. The zero-order valence-corrected chi connectivity index (χ0v) is 10.7. The Labute approximate surface area is 112 Å². The van der Waals surface area contributed by atoms with E-state index < -0.39 is 0 Å². The lowest BCUT2D eigenvalue weighted by molar-refractivity contribution is -0.119. The summed E-state index contributed by atoms with van der Waals surface area (Å²) in [5, 5.41) is 2.76. The number of benzene rings is 2. The van der Waals surface area contributed by atoms with Crippen molar-refractivity contribution in [2.24, 2.45) is 0 Å². The highest BCUT2D eigenvalue weighted by Gasteiger charge is 1.99. The van der Waals surface area contributed by atoms with Gasteiger partial charge >= 0.3 is 0 Å². The first-order valence-corrected chi connectivity index (χ1v) is 6.08. The molecule has 1 N–H and O–H groups in total. The van der Waals surface area contributed by atoms with Crippen LogP contribution >= 0.6 is 0 Å². The maximum Gasteiger partial charge on any atom is 0.217 e. The molecule has 0 aliphatic carbocycles. The molecule has 0 heterocycles. The number of rotatable bonds is 4. The van der Waals surface area contributed by atoms with Crippen LogP contribution in [0.2, 0.25) is 0 Å². The minimum absolute atomic E-state index is 0.0338. The van der Waals surface area contributed by atoms with E-state index in [9.17, 15) is 9.59 Å². The van der Waals surface area contributed by atoms with E-state index in [-0.39, 0.29) is 5.91 Å². The highest BCUT2D eigenvalue weighted by atomic mass is 16.1. The molecule has 0 atom stereocenters. The van der Waals surface area contributed by atoms with Crippen molar-refractivity contribution >= 4 is 12.2 Å². The maximum atomic E-state index is 10.8. The third-order valence-electron chi connectivity index (χ3n) is 2.88. The molecule has 0 aliphatic heterocycles. The van der Waals surface area contributed by atoms with Gasteiger partial charge in [-0.25, -0.2) is 0 Å². The lowest BCUT2D eigenvalue weighted by Gasteiger charge is -2.05. The molecule has 0 saturated carbocycles. The molecule has 0 unspecified atom stereocenters. The molecule has 0 radical (unpaired) electrons. The summed E-state index contributed by atoms with van der Waals surface area (Å²) in [6.07, 6.45) is 0.834. The molecule has 0 spiro atoms. The molecule has 0 saturated heterocycles. The predicted molar refractivity (Wildman–Crippen MR) is 74.8 cm³/mol. The van der Waals surface area contributed by atoms with Gasteiger partial charge in [-0.1, -0.05) is 48.5 Å². The van der Waals surface area contributed by atoms with E-state index in [1.165, 1.54) is 6.92 Å². The molecule has 1 amide bonds. The fourth-order valence-electron chi connectivity index (χ4n) is 1.80. The van der Waals surface area contributed by atoms with E-state index in [0.717, 1.165) is 23.0 Å². The minimum Gasteiger partial charge on any atom is -0.352 e. The van der Waals surface area contributed by atoms with Crippen LogP contribution in [0.15, 0.2) is 48.5 Å². The van der Waals surface area contributed by atoms with Gasteiger partial charge in [0, 0.05) is 19.0 Å². The first-order valence-electron chi connectivity index (χ1n) is 6.08. The third-order valence-corrected chi connectivity index (χ3v) is 2.88. The first-order chi connectivity index (χ1) is 9.19. The van der Waals surface area contributed by atoms with E-state index >= 15 is 0 Å². The van der Waals surface area contributed by atoms with Crippen LogP contribution < -0.4 is 5.32 Å². The molecule has 2 rings (SSSR count). The molecule has 2 aromatic carbocycles. The van der Waals surface area contributed by atoms with Gasteiger partial charge in [0.25, 0.3) is 0 Å². The van der Waals surface area contributed by atoms with Crippen LogP contribution in [0.4, 0.5) is 0 Å². The second-order valence-electron chi connectivity index (χ2n) is 4.35. The smallest absolute Gasteiger partial charge is 0.217 e. The highest BCUT2D eigenvalue weighted by Crippen LogP contribution is 2.20. The number of hydrogen-bond donors (Lipinski definition) is 1. The molecule has 96 valence electrons. The van der Waals surface area contributed by atoms with Gasteiger partial charge in [-0.3, -0.25) is 9.59 Å². The Bertz CT molecular complexity index is 571. The standard InChI is InChI=1S/C16H15NO2/c1-12(19)17-10-13-2-6-15(7-3-13)16-8-4-14(11-18)5-9-16/h2-9,11H,10H2,1H3,(H,17,19). The summed E-state index contributed by atoms with van der Waals surface area (Å²) in [7, 11) is 0. The van der Waals surface area contributed by atoms with E-state index in [2.05, 4.69) is 5.32 Å². The highest BCUT2D eigenvalue weighted by molar-refractivity contribution is 5.77. The summed E-state index contributed by atoms with van der Waals surface area (Å²) in [5.74, 6) is -0.0338. The van der Waals surface area contributed by atoms with Crippen LogP contribution in [0.5, 0.6) is 0 Å². The fraction of sp³-hybridized carbons (Fsp3) is 0.125. The van der Waals surface area contributed by atoms with Crippen LogP contribution in [0, 0.1) is 0 Å². The summed E-state index contributed by atoms with van der Waals surface area (Å²) in [6.45, 7) is 2.04. The second-order valence-corrected chi connectivity index (χ2v) is 4.35. The Balaban J connectivity index is 2.12. The van der Waals surface area contributed by atoms with E-state index in [1.54, 1.807) is 12.1 Å². The average Bonchev–Trinajstić information content (AvgIpc) is 2.46. The second kappa shape index (κ2) is 5.96. The van der Waals surface area contributed by atoms with Gasteiger partial charge in [0.1, 0.15) is 6.29 Å². The Hall–Kier alpha value is -2.42. The van der Waals surface area contributed by atoms with E-state index in [1.807, 2.05) is 36.4 Å². The zero-order chi connectivity index (χ0) is 13.7. The van der Waals surface area contributed by atoms with Gasteiger partial charge < -0.3 is 5.32 Å². The number of hydrogen-bond acceptors (Lipinski definition) is 2. The Morgan fingerprint density at radius 2 is 1.53 bits per heavy atom. The van der Waals surface area contributed by atoms with Crippen molar-refractivity contribution in [3.63, 3.8) is 0 Å². The van der Waals surface area contributed by atoms with Crippen molar-refractivity contribution in [3.8, 4) is 11.1 Å². The minimum atomic E-state index is -0.0338. The van der Waals surface area contributed by atoms with Crippen LogP contribution in [0.1, 0.15) is 22.8 Å². The molecule has 0 fully saturated rings. The number of nitrogens with one attached hydrogen (secondary N) is 1.